The van der Waals surface area contributed by atoms with Crippen LogP contribution in [0.5, 0.6) is 5.75 Å². The van der Waals surface area contributed by atoms with E-state index in [-0.39, 0.29) is 5.97 Å². The van der Waals surface area contributed by atoms with Crippen LogP contribution in [0.1, 0.15) is 46.0 Å². The van der Waals surface area contributed by atoms with Gasteiger partial charge in [-0.15, -0.1) is 0 Å². The summed E-state index contributed by atoms with van der Waals surface area (Å²) in [6, 6.07) is 10.5. The first-order valence-electron chi connectivity index (χ1n) is 8.56. The molecule has 0 aliphatic carbocycles. The molecule has 5 heteroatoms. The normalized spacial score (nSPS) is 10.3. The van der Waals surface area contributed by atoms with Gasteiger partial charge in [-0.3, -0.25) is 0 Å². The van der Waals surface area contributed by atoms with E-state index in [1.165, 1.54) is 14.2 Å². The van der Waals surface area contributed by atoms with Crippen LogP contribution in [0.2, 0.25) is 0 Å². The molecule has 2 rings (SSSR count). The number of hydrogen-bond donors (Lipinski definition) is 0. The van der Waals surface area contributed by atoms with Crippen LogP contribution in [0.4, 0.5) is 0 Å². The first-order chi connectivity index (χ1) is 12.5. The topological polar surface area (TPSA) is 61.8 Å². The van der Waals surface area contributed by atoms with E-state index < -0.39 is 5.97 Å². The van der Waals surface area contributed by atoms with Gasteiger partial charge in [-0.05, 0) is 60.4 Å². The molecule has 0 unspecified atom stereocenters. The van der Waals surface area contributed by atoms with Crippen molar-refractivity contribution in [2.45, 2.75) is 26.7 Å². The van der Waals surface area contributed by atoms with Gasteiger partial charge in [-0.25, -0.2) is 9.59 Å². The van der Waals surface area contributed by atoms with Crippen molar-refractivity contribution >= 4 is 11.9 Å². The molecule has 26 heavy (non-hydrogen) atoms. The predicted octanol–water partition coefficient (Wildman–Crippen LogP) is 4.41. The van der Waals surface area contributed by atoms with Gasteiger partial charge in [-0.2, -0.15) is 0 Å². The number of esters is 2. The highest BCUT2D eigenvalue weighted by Crippen LogP contribution is 2.31. The number of hydrogen-bond acceptors (Lipinski definition) is 5. The number of unbranched alkanes of at least 4 members (excludes halogenated alkanes) is 1. The van der Waals surface area contributed by atoms with Gasteiger partial charge in [0.1, 0.15) is 5.75 Å². The van der Waals surface area contributed by atoms with E-state index >= 15 is 0 Å². The maximum atomic E-state index is 12.3. The molecular weight excluding hydrogens is 332 g/mol. The molecule has 2 aromatic carbocycles. The van der Waals surface area contributed by atoms with E-state index in [9.17, 15) is 9.59 Å². The highest BCUT2D eigenvalue weighted by atomic mass is 16.5. The van der Waals surface area contributed by atoms with E-state index in [1.807, 2.05) is 19.9 Å². The second-order valence-electron chi connectivity index (χ2n) is 5.92. The quantitative estimate of drug-likeness (QED) is 0.543. The molecule has 0 bridgehead atoms. The summed E-state index contributed by atoms with van der Waals surface area (Å²) in [6.45, 7) is 4.36. The van der Waals surface area contributed by atoms with Crippen LogP contribution in [0, 0.1) is 6.92 Å². The van der Waals surface area contributed by atoms with Gasteiger partial charge in [-0.1, -0.05) is 19.4 Å². The van der Waals surface area contributed by atoms with Crippen LogP contribution in [-0.4, -0.2) is 32.8 Å². The van der Waals surface area contributed by atoms with Crippen LogP contribution in [-0.2, 0) is 9.47 Å². The monoisotopic (exact) mass is 356 g/mol. The molecule has 0 saturated carbocycles. The molecule has 2 aromatic rings. The summed E-state index contributed by atoms with van der Waals surface area (Å²) in [5.41, 5.74) is 3.22. The van der Waals surface area contributed by atoms with Crippen molar-refractivity contribution < 1.29 is 23.8 Å². The smallest absolute Gasteiger partial charge is 0.338 e. The second kappa shape index (κ2) is 9.04. The first kappa shape index (κ1) is 19.5. The average molecular weight is 356 g/mol. The predicted molar refractivity (Wildman–Crippen MR) is 99.7 cm³/mol. The molecule has 0 radical (unpaired) electrons. The molecule has 0 atom stereocenters. The highest BCUT2D eigenvalue weighted by Gasteiger charge is 2.18. The summed E-state index contributed by atoms with van der Waals surface area (Å²) < 4.78 is 15.4. The van der Waals surface area contributed by atoms with Crippen LogP contribution in [0.15, 0.2) is 36.4 Å². The van der Waals surface area contributed by atoms with Gasteiger partial charge in [0.05, 0.1) is 32.0 Å². The summed E-state index contributed by atoms with van der Waals surface area (Å²) in [4.78, 5) is 24.5. The van der Waals surface area contributed by atoms with Crippen molar-refractivity contribution in [3.8, 4) is 16.9 Å². The summed E-state index contributed by atoms with van der Waals surface area (Å²) >= 11 is 0. The standard InChI is InChI=1S/C21H24O5/c1-5-6-11-26-20(22)15-8-7-14(2)18(12-15)17-10-9-16(24-3)13-19(17)21(23)25-4/h7-10,12-13H,5-6,11H2,1-4H3. The fourth-order valence-corrected chi connectivity index (χ4v) is 2.60. The molecular formula is C21H24O5. The van der Waals surface area contributed by atoms with Crippen LogP contribution in [0.25, 0.3) is 11.1 Å². The number of carbonyl (C=O) groups excluding carboxylic acids is 2. The summed E-state index contributed by atoms with van der Waals surface area (Å²) in [5.74, 6) is -0.274. The van der Waals surface area contributed by atoms with Crippen molar-refractivity contribution in [1.82, 2.24) is 0 Å². The SMILES string of the molecule is CCCCOC(=O)c1ccc(C)c(-c2ccc(OC)cc2C(=O)OC)c1. The molecule has 0 saturated heterocycles. The van der Waals surface area contributed by atoms with Crippen molar-refractivity contribution in [2.75, 3.05) is 20.8 Å². The number of rotatable bonds is 7. The van der Waals surface area contributed by atoms with E-state index in [4.69, 9.17) is 14.2 Å². The molecule has 0 heterocycles. The number of carbonyl (C=O) groups is 2. The third kappa shape index (κ3) is 4.42. The fourth-order valence-electron chi connectivity index (χ4n) is 2.60. The fraction of sp³-hybridized carbons (Fsp3) is 0.333. The Labute approximate surface area is 153 Å². The number of aryl methyl sites for hydroxylation is 1. The Balaban J connectivity index is 2.46. The van der Waals surface area contributed by atoms with Crippen LogP contribution >= 0.6 is 0 Å². The third-order valence-electron chi connectivity index (χ3n) is 4.13. The summed E-state index contributed by atoms with van der Waals surface area (Å²) in [7, 11) is 2.87. The Kier molecular flexibility index (Phi) is 6.78. The van der Waals surface area contributed by atoms with Gasteiger partial charge in [0.2, 0.25) is 0 Å². The lowest BCUT2D eigenvalue weighted by Crippen LogP contribution is -2.08. The Morgan fingerprint density at radius 3 is 2.38 bits per heavy atom. The zero-order chi connectivity index (χ0) is 19.1. The Morgan fingerprint density at radius 2 is 1.73 bits per heavy atom. The zero-order valence-electron chi connectivity index (χ0n) is 15.6. The minimum Gasteiger partial charge on any atom is -0.497 e. The van der Waals surface area contributed by atoms with Gasteiger partial charge < -0.3 is 14.2 Å². The average Bonchev–Trinajstić information content (AvgIpc) is 2.67. The highest BCUT2D eigenvalue weighted by molar-refractivity contribution is 5.99. The van der Waals surface area contributed by atoms with E-state index in [0.29, 0.717) is 29.0 Å². The van der Waals surface area contributed by atoms with E-state index in [0.717, 1.165) is 24.0 Å². The third-order valence-corrected chi connectivity index (χ3v) is 4.13. The molecule has 0 aliphatic rings. The molecule has 0 aliphatic heterocycles. The second-order valence-corrected chi connectivity index (χ2v) is 5.92. The maximum Gasteiger partial charge on any atom is 0.338 e. The lowest BCUT2D eigenvalue weighted by Gasteiger charge is -2.14. The minimum absolute atomic E-state index is 0.368. The van der Waals surface area contributed by atoms with Crippen LogP contribution in [0.3, 0.4) is 0 Å². The largest absolute Gasteiger partial charge is 0.497 e. The van der Waals surface area contributed by atoms with Gasteiger partial charge in [0.25, 0.3) is 0 Å². The minimum atomic E-state index is -0.464. The molecule has 0 aromatic heterocycles. The van der Waals surface area contributed by atoms with Crippen molar-refractivity contribution in [1.29, 1.82) is 0 Å². The molecule has 5 nitrogen and oxygen atoms in total. The number of benzene rings is 2. The van der Waals surface area contributed by atoms with E-state index in [1.54, 1.807) is 30.3 Å². The lowest BCUT2D eigenvalue weighted by atomic mass is 9.94. The van der Waals surface area contributed by atoms with Gasteiger partial charge >= 0.3 is 11.9 Å². The number of methoxy groups -OCH3 is 2. The molecule has 0 fully saturated rings. The van der Waals surface area contributed by atoms with Gasteiger partial charge in [0.15, 0.2) is 0 Å². The first-order valence-corrected chi connectivity index (χ1v) is 8.56. The Hall–Kier alpha value is -2.82. The zero-order valence-corrected chi connectivity index (χ0v) is 15.6. The molecule has 138 valence electrons. The molecule has 0 N–H and O–H groups in total. The van der Waals surface area contributed by atoms with Crippen molar-refractivity contribution in [3.63, 3.8) is 0 Å². The summed E-state index contributed by atoms with van der Waals surface area (Å²) in [5, 5.41) is 0. The lowest BCUT2D eigenvalue weighted by molar-refractivity contribution is 0.0499. The Morgan fingerprint density at radius 1 is 0.962 bits per heavy atom. The van der Waals surface area contributed by atoms with Crippen molar-refractivity contribution in [2.24, 2.45) is 0 Å². The van der Waals surface area contributed by atoms with E-state index in [2.05, 4.69) is 0 Å². The molecule has 0 amide bonds. The molecule has 0 spiro atoms. The van der Waals surface area contributed by atoms with Crippen molar-refractivity contribution in [3.05, 3.63) is 53.1 Å². The summed E-state index contributed by atoms with van der Waals surface area (Å²) in [6.07, 6.45) is 1.79. The Bertz CT molecular complexity index is 795. The van der Waals surface area contributed by atoms with Gasteiger partial charge in [0, 0.05) is 0 Å². The maximum absolute atomic E-state index is 12.3. The van der Waals surface area contributed by atoms with Crippen LogP contribution < -0.4 is 4.74 Å². The number of ether oxygens (including phenoxy) is 3.